The van der Waals surface area contributed by atoms with Crippen LogP contribution in [0.4, 0.5) is 0 Å². The summed E-state index contributed by atoms with van der Waals surface area (Å²) < 4.78 is 32.9. The van der Waals surface area contributed by atoms with Crippen molar-refractivity contribution in [1.82, 2.24) is 4.72 Å². The SMILES string of the molecule is COc1ccc(S(=O)(=O)NC2CC(C)CC(C)(C)C2)cc1. The van der Waals surface area contributed by atoms with Gasteiger partial charge in [-0.3, -0.25) is 0 Å². The Hall–Kier alpha value is -1.07. The van der Waals surface area contributed by atoms with Crippen LogP contribution in [0, 0.1) is 11.3 Å². The van der Waals surface area contributed by atoms with Crippen LogP contribution in [0.1, 0.15) is 40.0 Å². The Balaban J connectivity index is 2.13. The van der Waals surface area contributed by atoms with E-state index in [0.717, 1.165) is 19.3 Å². The molecule has 0 heterocycles. The molecular weight excluding hydrogens is 286 g/mol. The minimum atomic E-state index is -3.46. The second kappa shape index (κ2) is 5.97. The number of ether oxygens (including phenoxy) is 1. The number of methoxy groups -OCH3 is 1. The van der Waals surface area contributed by atoms with Gasteiger partial charge in [-0.05, 0) is 54.9 Å². The summed E-state index contributed by atoms with van der Waals surface area (Å²) in [4.78, 5) is 0.291. The molecule has 1 aliphatic rings. The first-order valence-electron chi connectivity index (χ1n) is 7.38. The van der Waals surface area contributed by atoms with Crippen molar-refractivity contribution in [3.63, 3.8) is 0 Å². The highest BCUT2D eigenvalue weighted by Gasteiger charge is 2.34. The largest absolute Gasteiger partial charge is 0.497 e. The van der Waals surface area contributed by atoms with Crippen LogP contribution in [0.5, 0.6) is 5.75 Å². The molecule has 1 fully saturated rings. The van der Waals surface area contributed by atoms with Crippen molar-refractivity contribution < 1.29 is 13.2 Å². The minimum Gasteiger partial charge on any atom is -0.497 e. The van der Waals surface area contributed by atoms with Crippen LogP contribution in [0.15, 0.2) is 29.2 Å². The van der Waals surface area contributed by atoms with Gasteiger partial charge in [0.15, 0.2) is 0 Å². The summed E-state index contributed by atoms with van der Waals surface area (Å²) in [7, 11) is -1.90. The molecule has 0 spiro atoms. The van der Waals surface area contributed by atoms with E-state index < -0.39 is 10.0 Å². The van der Waals surface area contributed by atoms with Gasteiger partial charge in [0.05, 0.1) is 12.0 Å². The van der Waals surface area contributed by atoms with Crippen molar-refractivity contribution in [3.8, 4) is 5.75 Å². The van der Waals surface area contributed by atoms with E-state index in [1.807, 2.05) is 0 Å². The van der Waals surface area contributed by atoms with Crippen LogP contribution >= 0.6 is 0 Å². The number of hydrogen-bond donors (Lipinski definition) is 1. The fraction of sp³-hybridized carbons (Fsp3) is 0.625. The monoisotopic (exact) mass is 311 g/mol. The van der Waals surface area contributed by atoms with Crippen molar-refractivity contribution in [1.29, 1.82) is 0 Å². The van der Waals surface area contributed by atoms with Crippen molar-refractivity contribution in [3.05, 3.63) is 24.3 Å². The molecule has 1 N–H and O–H groups in total. The topological polar surface area (TPSA) is 55.4 Å². The molecule has 118 valence electrons. The number of benzene rings is 1. The van der Waals surface area contributed by atoms with Gasteiger partial charge in [-0.1, -0.05) is 20.8 Å². The van der Waals surface area contributed by atoms with Crippen LogP contribution in [0.25, 0.3) is 0 Å². The van der Waals surface area contributed by atoms with Gasteiger partial charge in [0.2, 0.25) is 10.0 Å². The van der Waals surface area contributed by atoms with E-state index >= 15 is 0 Å². The van der Waals surface area contributed by atoms with Crippen LogP contribution < -0.4 is 9.46 Å². The Morgan fingerprint density at radius 1 is 1.19 bits per heavy atom. The fourth-order valence-electron chi connectivity index (χ4n) is 3.48. The summed E-state index contributed by atoms with van der Waals surface area (Å²) in [6.07, 6.45) is 2.93. The van der Waals surface area contributed by atoms with E-state index in [1.54, 1.807) is 31.4 Å². The van der Waals surface area contributed by atoms with Crippen molar-refractivity contribution >= 4 is 10.0 Å². The first-order valence-corrected chi connectivity index (χ1v) is 8.86. The van der Waals surface area contributed by atoms with E-state index in [9.17, 15) is 8.42 Å². The van der Waals surface area contributed by atoms with Gasteiger partial charge in [0.25, 0.3) is 0 Å². The molecule has 0 aliphatic heterocycles. The molecule has 2 atom stereocenters. The van der Waals surface area contributed by atoms with Gasteiger partial charge in [-0.25, -0.2) is 13.1 Å². The molecule has 1 aromatic rings. The quantitative estimate of drug-likeness (QED) is 0.929. The van der Waals surface area contributed by atoms with Crippen LogP contribution in [0.3, 0.4) is 0 Å². The Morgan fingerprint density at radius 2 is 1.81 bits per heavy atom. The summed E-state index contributed by atoms with van der Waals surface area (Å²) in [6, 6.07) is 6.51. The lowest BCUT2D eigenvalue weighted by atomic mass is 9.71. The third-order valence-electron chi connectivity index (χ3n) is 4.08. The normalized spacial score (nSPS) is 25.5. The average molecular weight is 311 g/mol. The molecule has 0 aromatic heterocycles. The van der Waals surface area contributed by atoms with Gasteiger partial charge in [0.1, 0.15) is 5.75 Å². The van der Waals surface area contributed by atoms with Crippen molar-refractivity contribution in [2.24, 2.45) is 11.3 Å². The molecular formula is C16H25NO3S. The van der Waals surface area contributed by atoms with Crippen LogP contribution in [0.2, 0.25) is 0 Å². The van der Waals surface area contributed by atoms with Gasteiger partial charge >= 0.3 is 0 Å². The number of hydrogen-bond acceptors (Lipinski definition) is 3. The summed E-state index contributed by atoms with van der Waals surface area (Å²) >= 11 is 0. The number of nitrogens with one attached hydrogen (secondary N) is 1. The molecule has 5 heteroatoms. The molecule has 0 amide bonds. The minimum absolute atomic E-state index is 0.0100. The smallest absolute Gasteiger partial charge is 0.240 e. The summed E-state index contributed by atoms with van der Waals surface area (Å²) in [5.41, 5.74) is 0.185. The predicted octanol–water partition coefficient (Wildman–Crippen LogP) is 3.19. The predicted molar refractivity (Wildman–Crippen MR) is 83.9 cm³/mol. The molecule has 2 rings (SSSR count). The maximum Gasteiger partial charge on any atom is 0.240 e. The average Bonchev–Trinajstić information content (AvgIpc) is 2.35. The summed E-state index contributed by atoms with van der Waals surface area (Å²) in [5, 5.41) is 0. The molecule has 1 aliphatic carbocycles. The lowest BCUT2D eigenvalue weighted by Gasteiger charge is -2.39. The molecule has 1 aromatic carbocycles. The standard InChI is InChI=1S/C16H25NO3S/c1-12-9-13(11-16(2,3)10-12)17-21(18,19)15-7-5-14(20-4)6-8-15/h5-8,12-13,17H,9-11H2,1-4H3. The third kappa shape index (κ3) is 4.20. The molecule has 0 saturated heterocycles. The van der Waals surface area contributed by atoms with Crippen LogP contribution in [-0.2, 0) is 10.0 Å². The van der Waals surface area contributed by atoms with Crippen LogP contribution in [-0.4, -0.2) is 21.6 Å². The lowest BCUT2D eigenvalue weighted by molar-refractivity contribution is 0.163. The highest BCUT2D eigenvalue weighted by atomic mass is 32.2. The first-order chi connectivity index (χ1) is 9.72. The molecule has 1 saturated carbocycles. The second-order valence-electron chi connectivity index (χ2n) is 6.91. The second-order valence-corrected chi connectivity index (χ2v) is 8.62. The van der Waals surface area contributed by atoms with Crippen molar-refractivity contribution in [2.45, 2.75) is 51.0 Å². The Kier molecular flexibility index (Phi) is 4.63. The number of rotatable bonds is 4. The fourth-order valence-corrected chi connectivity index (χ4v) is 4.73. The Bertz CT molecular complexity index is 578. The molecule has 21 heavy (non-hydrogen) atoms. The van der Waals surface area contributed by atoms with Gasteiger partial charge in [-0.15, -0.1) is 0 Å². The Morgan fingerprint density at radius 3 is 2.33 bits per heavy atom. The molecule has 4 nitrogen and oxygen atoms in total. The molecule has 0 bridgehead atoms. The maximum atomic E-state index is 12.5. The van der Waals surface area contributed by atoms with Gasteiger partial charge in [0, 0.05) is 6.04 Å². The molecule has 2 unspecified atom stereocenters. The van der Waals surface area contributed by atoms with Gasteiger partial charge < -0.3 is 4.74 Å². The van der Waals surface area contributed by atoms with E-state index in [0.29, 0.717) is 16.6 Å². The zero-order chi connectivity index (χ0) is 15.7. The lowest BCUT2D eigenvalue weighted by Crippen LogP contribution is -2.42. The summed E-state index contributed by atoms with van der Waals surface area (Å²) in [5.74, 6) is 1.19. The van der Waals surface area contributed by atoms with E-state index in [4.69, 9.17) is 4.74 Å². The van der Waals surface area contributed by atoms with E-state index in [2.05, 4.69) is 25.5 Å². The maximum absolute atomic E-state index is 12.5. The highest BCUT2D eigenvalue weighted by molar-refractivity contribution is 7.89. The van der Waals surface area contributed by atoms with E-state index in [-0.39, 0.29) is 11.5 Å². The number of sulfonamides is 1. The molecule has 0 radical (unpaired) electrons. The highest BCUT2D eigenvalue weighted by Crippen LogP contribution is 2.38. The van der Waals surface area contributed by atoms with Crippen molar-refractivity contribution in [2.75, 3.05) is 7.11 Å². The third-order valence-corrected chi connectivity index (χ3v) is 5.61. The first kappa shape index (κ1) is 16.3. The van der Waals surface area contributed by atoms with E-state index in [1.165, 1.54) is 0 Å². The zero-order valence-electron chi connectivity index (χ0n) is 13.2. The zero-order valence-corrected chi connectivity index (χ0v) is 14.0. The Labute approximate surface area is 127 Å². The summed E-state index contributed by atoms with van der Waals surface area (Å²) in [6.45, 7) is 6.60. The van der Waals surface area contributed by atoms with Gasteiger partial charge in [-0.2, -0.15) is 0 Å².